The summed E-state index contributed by atoms with van der Waals surface area (Å²) in [5.74, 6) is -1.75. The van der Waals surface area contributed by atoms with Crippen LogP contribution in [0.2, 0.25) is 0 Å². The van der Waals surface area contributed by atoms with E-state index in [1.165, 1.54) is 14.0 Å². The van der Waals surface area contributed by atoms with Gasteiger partial charge in [0.05, 0.1) is 5.75 Å². The van der Waals surface area contributed by atoms with E-state index in [1.807, 2.05) is 0 Å². The Hall–Kier alpha value is -2.36. The van der Waals surface area contributed by atoms with Gasteiger partial charge in [-0.25, -0.2) is 0 Å². The van der Waals surface area contributed by atoms with Crippen molar-refractivity contribution in [2.75, 3.05) is 11.1 Å². The van der Waals surface area contributed by atoms with Crippen LogP contribution in [0.5, 0.6) is 0 Å². The standard InChI is InChI=1S/C14H13F3N4O2S/c1-8(22)9-3-5-10(6-4-9)18-11(23)7-24-13-20-19-12(21(13)2)14(15,16)17/h3-6H,7H2,1-2H3,(H,18,23). The number of halogens is 3. The van der Waals surface area contributed by atoms with Crippen LogP contribution >= 0.6 is 11.8 Å². The minimum atomic E-state index is -4.60. The smallest absolute Gasteiger partial charge is 0.325 e. The Bertz CT molecular complexity index is 756. The molecule has 0 aliphatic rings. The molecule has 1 heterocycles. The van der Waals surface area contributed by atoms with Gasteiger partial charge in [0, 0.05) is 18.3 Å². The minimum Gasteiger partial charge on any atom is -0.325 e. The largest absolute Gasteiger partial charge is 0.451 e. The molecular weight excluding hydrogens is 345 g/mol. The average Bonchev–Trinajstić information content (AvgIpc) is 2.86. The lowest BCUT2D eigenvalue weighted by atomic mass is 10.1. The van der Waals surface area contributed by atoms with E-state index in [1.54, 1.807) is 24.3 Å². The third kappa shape index (κ3) is 4.34. The zero-order chi connectivity index (χ0) is 17.9. The number of aromatic nitrogens is 3. The van der Waals surface area contributed by atoms with Crippen LogP contribution in [0.15, 0.2) is 29.4 Å². The second-order valence-electron chi connectivity index (χ2n) is 4.83. The summed E-state index contributed by atoms with van der Waals surface area (Å²) in [6, 6.07) is 6.29. The number of amides is 1. The molecule has 1 aromatic carbocycles. The fraction of sp³-hybridized carbons (Fsp3) is 0.286. The molecule has 0 spiro atoms. The van der Waals surface area contributed by atoms with E-state index < -0.39 is 17.9 Å². The number of nitrogens with zero attached hydrogens (tertiary/aromatic N) is 3. The van der Waals surface area contributed by atoms with Gasteiger partial charge in [0.1, 0.15) is 0 Å². The Labute approximate surface area is 139 Å². The van der Waals surface area contributed by atoms with Crippen molar-refractivity contribution in [2.24, 2.45) is 7.05 Å². The number of carbonyl (C=O) groups is 2. The van der Waals surface area contributed by atoms with Crippen molar-refractivity contribution in [2.45, 2.75) is 18.3 Å². The van der Waals surface area contributed by atoms with Gasteiger partial charge in [0.2, 0.25) is 11.7 Å². The van der Waals surface area contributed by atoms with Crippen LogP contribution in [0, 0.1) is 0 Å². The third-order valence-corrected chi connectivity index (χ3v) is 4.02. The van der Waals surface area contributed by atoms with Gasteiger partial charge in [-0.1, -0.05) is 11.8 Å². The molecule has 0 aliphatic carbocycles. The first-order chi connectivity index (χ1) is 11.2. The van der Waals surface area contributed by atoms with E-state index >= 15 is 0 Å². The highest BCUT2D eigenvalue weighted by atomic mass is 32.2. The Kier molecular flexibility index (Phi) is 5.27. The number of Topliss-reactive ketones (excluding diaryl/α,β-unsaturated/α-hetero) is 1. The van der Waals surface area contributed by atoms with Gasteiger partial charge in [-0.3, -0.25) is 9.59 Å². The molecule has 0 saturated carbocycles. The summed E-state index contributed by atoms with van der Waals surface area (Å²) in [7, 11) is 1.18. The molecule has 0 fully saturated rings. The predicted molar refractivity (Wildman–Crippen MR) is 81.8 cm³/mol. The van der Waals surface area contributed by atoms with Gasteiger partial charge in [0.25, 0.3) is 0 Å². The second-order valence-corrected chi connectivity index (χ2v) is 5.78. The van der Waals surface area contributed by atoms with Gasteiger partial charge in [-0.15, -0.1) is 10.2 Å². The van der Waals surface area contributed by atoms with Crippen LogP contribution in [0.25, 0.3) is 0 Å². The first-order valence-corrected chi connectivity index (χ1v) is 7.67. The molecule has 0 bridgehead atoms. The molecular formula is C14H13F3N4O2S. The van der Waals surface area contributed by atoms with E-state index in [0.29, 0.717) is 11.3 Å². The summed E-state index contributed by atoms with van der Waals surface area (Å²) in [6.45, 7) is 1.43. The second kappa shape index (κ2) is 7.04. The van der Waals surface area contributed by atoms with Gasteiger partial charge >= 0.3 is 6.18 Å². The first-order valence-electron chi connectivity index (χ1n) is 6.68. The quantitative estimate of drug-likeness (QED) is 0.657. The number of rotatable bonds is 5. The summed E-state index contributed by atoms with van der Waals surface area (Å²) in [6.07, 6.45) is -4.60. The van der Waals surface area contributed by atoms with Crippen molar-refractivity contribution < 1.29 is 22.8 Å². The van der Waals surface area contributed by atoms with Gasteiger partial charge in [-0.2, -0.15) is 13.2 Å². The summed E-state index contributed by atoms with van der Waals surface area (Å²) < 4.78 is 38.6. The molecule has 0 unspecified atom stereocenters. The molecule has 128 valence electrons. The highest BCUT2D eigenvalue weighted by molar-refractivity contribution is 7.99. The van der Waals surface area contributed by atoms with Crippen molar-refractivity contribution in [3.8, 4) is 0 Å². The van der Waals surface area contributed by atoms with Crippen LogP contribution in [-0.4, -0.2) is 32.2 Å². The lowest BCUT2D eigenvalue weighted by Gasteiger charge is -2.07. The highest BCUT2D eigenvalue weighted by Gasteiger charge is 2.37. The molecule has 1 N–H and O–H groups in total. The maximum atomic E-state index is 12.6. The predicted octanol–water partition coefficient (Wildman–Crippen LogP) is 2.77. The Morgan fingerprint density at radius 1 is 1.21 bits per heavy atom. The van der Waals surface area contributed by atoms with Crippen LogP contribution in [-0.2, 0) is 18.0 Å². The lowest BCUT2D eigenvalue weighted by Crippen LogP contribution is -2.15. The molecule has 2 rings (SSSR count). The topological polar surface area (TPSA) is 76.9 Å². The molecule has 0 saturated heterocycles. The van der Waals surface area contributed by atoms with E-state index in [-0.39, 0.29) is 16.7 Å². The molecule has 0 radical (unpaired) electrons. The Morgan fingerprint density at radius 2 is 1.83 bits per heavy atom. The van der Waals surface area contributed by atoms with Crippen molar-refractivity contribution in [3.05, 3.63) is 35.7 Å². The SMILES string of the molecule is CC(=O)c1ccc(NC(=O)CSc2nnc(C(F)(F)F)n2C)cc1. The number of alkyl halides is 3. The van der Waals surface area contributed by atoms with Crippen LogP contribution in [0.1, 0.15) is 23.1 Å². The van der Waals surface area contributed by atoms with Crippen molar-refractivity contribution in [1.29, 1.82) is 0 Å². The van der Waals surface area contributed by atoms with Crippen molar-refractivity contribution >= 4 is 29.1 Å². The van der Waals surface area contributed by atoms with Gasteiger partial charge in [-0.05, 0) is 31.2 Å². The number of nitrogens with one attached hydrogen (secondary N) is 1. The summed E-state index contributed by atoms with van der Waals surface area (Å²) >= 11 is 0.843. The number of hydrogen-bond donors (Lipinski definition) is 1. The average molecular weight is 358 g/mol. The lowest BCUT2D eigenvalue weighted by molar-refractivity contribution is -0.147. The summed E-state index contributed by atoms with van der Waals surface area (Å²) in [5.41, 5.74) is 1.00. The number of anilines is 1. The van der Waals surface area contributed by atoms with Crippen molar-refractivity contribution in [1.82, 2.24) is 14.8 Å². The third-order valence-electron chi connectivity index (χ3n) is 3.00. The molecule has 24 heavy (non-hydrogen) atoms. The zero-order valence-electron chi connectivity index (χ0n) is 12.7. The first kappa shape index (κ1) is 18.0. The Balaban J connectivity index is 1.94. The van der Waals surface area contributed by atoms with E-state index in [4.69, 9.17) is 0 Å². The highest BCUT2D eigenvalue weighted by Crippen LogP contribution is 2.29. The number of hydrogen-bond acceptors (Lipinski definition) is 5. The fourth-order valence-corrected chi connectivity index (χ4v) is 2.51. The number of benzene rings is 1. The van der Waals surface area contributed by atoms with Gasteiger partial charge in [0.15, 0.2) is 10.9 Å². The molecule has 2 aromatic rings. The van der Waals surface area contributed by atoms with E-state index in [2.05, 4.69) is 15.5 Å². The van der Waals surface area contributed by atoms with Crippen LogP contribution in [0.4, 0.5) is 18.9 Å². The summed E-state index contributed by atoms with van der Waals surface area (Å²) in [4.78, 5) is 23.0. The maximum absolute atomic E-state index is 12.6. The number of thioether (sulfide) groups is 1. The number of carbonyl (C=O) groups excluding carboxylic acids is 2. The molecule has 1 aromatic heterocycles. The maximum Gasteiger partial charge on any atom is 0.451 e. The van der Waals surface area contributed by atoms with E-state index in [0.717, 1.165) is 16.3 Å². The molecule has 1 amide bonds. The van der Waals surface area contributed by atoms with Crippen LogP contribution < -0.4 is 5.32 Å². The fourth-order valence-electron chi connectivity index (χ4n) is 1.80. The summed E-state index contributed by atoms with van der Waals surface area (Å²) in [5, 5.41) is 9.08. The molecule has 6 nitrogen and oxygen atoms in total. The van der Waals surface area contributed by atoms with E-state index in [9.17, 15) is 22.8 Å². The zero-order valence-corrected chi connectivity index (χ0v) is 13.5. The Morgan fingerprint density at radius 3 is 2.33 bits per heavy atom. The minimum absolute atomic E-state index is 0.00981. The normalized spacial score (nSPS) is 11.4. The van der Waals surface area contributed by atoms with Crippen molar-refractivity contribution in [3.63, 3.8) is 0 Å². The van der Waals surface area contributed by atoms with Gasteiger partial charge < -0.3 is 9.88 Å². The monoisotopic (exact) mass is 358 g/mol. The molecule has 10 heteroatoms. The molecule has 0 atom stereocenters. The number of ketones is 1. The van der Waals surface area contributed by atoms with Crippen LogP contribution in [0.3, 0.4) is 0 Å². The molecule has 0 aliphatic heterocycles.